The molecule has 2 unspecified atom stereocenters. The molecule has 1 heterocycles. The van der Waals surface area contributed by atoms with Crippen LogP contribution >= 0.6 is 0 Å². The van der Waals surface area contributed by atoms with E-state index in [2.05, 4.69) is 36.3 Å². The van der Waals surface area contributed by atoms with Crippen LogP contribution in [0.3, 0.4) is 0 Å². The Balaban J connectivity index is 2.71. The Bertz CT molecular complexity index is 407. The molecule has 0 bridgehead atoms. The molecule has 0 aliphatic carbocycles. The minimum Gasteiger partial charge on any atom is -0.396 e. The van der Waals surface area contributed by atoms with Gasteiger partial charge >= 0.3 is 0 Å². The van der Waals surface area contributed by atoms with Crippen molar-refractivity contribution in [2.24, 2.45) is 5.92 Å². The van der Waals surface area contributed by atoms with Crippen LogP contribution in [0.2, 0.25) is 0 Å². The molecule has 0 aromatic carbocycles. The number of aromatic amines is 1. The number of H-pyrrole nitrogens is 1. The first-order chi connectivity index (χ1) is 8.25. The Labute approximate surface area is 108 Å². The zero-order valence-corrected chi connectivity index (χ0v) is 11.7. The fraction of sp³-hybridized carbons (Fsp3) is 0.692. The third-order valence-electron chi connectivity index (χ3n) is 3.12. The molecule has 102 valence electrons. The Hall–Kier alpha value is -1.36. The van der Waals surface area contributed by atoms with Gasteiger partial charge in [-0.2, -0.15) is 5.10 Å². The van der Waals surface area contributed by atoms with Gasteiger partial charge in [0.25, 0.3) is 5.91 Å². The molecule has 0 aliphatic heterocycles. The van der Waals surface area contributed by atoms with Crippen molar-refractivity contribution in [1.29, 1.82) is 0 Å². The van der Waals surface area contributed by atoms with Gasteiger partial charge in [0, 0.05) is 23.8 Å². The second-order valence-corrected chi connectivity index (χ2v) is 5.84. The molecule has 18 heavy (non-hydrogen) atoms. The maximum atomic E-state index is 11.9. The van der Waals surface area contributed by atoms with Crippen LogP contribution < -0.4 is 5.32 Å². The molecule has 1 aromatic heterocycles. The molecule has 3 N–H and O–H groups in total. The highest BCUT2D eigenvalue weighted by Crippen LogP contribution is 2.20. The SMILES string of the molecule is CC(CO)C(C)NC(=O)c1cc(C(C)(C)C)[nH]n1. The van der Waals surface area contributed by atoms with Gasteiger partial charge < -0.3 is 10.4 Å². The molecular weight excluding hydrogens is 230 g/mol. The molecule has 5 heteroatoms. The zero-order chi connectivity index (χ0) is 13.9. The molecule has 0 radical (unpaired) electrons. The predicted octanol–water partition coefficient (Wildman–Crippen LogP) is 1.45. The summed E-state index contributed by atoms with van der Waals surface area (Å²) < 4.78 is 0. The van der Waals surface area contributed by atoms with Crippen molar-refractivity contribution in [1.82, 2.24) is 15.5 Å². The normalized spacial score (nSPS) is 15.2. The summed E-state index contributed by atoms with van der Waals surface area (Å²) >= 11 is 0. The van der Waals surface area contributed by atoms with Crippen molar-refractivity contribution < 1.29 is 9.90 Å². The first-order valence-electron chi connectivity index (χ1n) is 6.23. The summed E-state index contributed by atoms with van der Waals surface area (Å²) in [5, 5.41) is 18.8. The fourth-order valence-corrected chi connectivity index (χ4v) is 1.40. The predicted molar refractivity (Wildman–Crippen MR) is 70.5 cm³/mol. The highest BCUT2D eigenvalue weighted by atomic mass is 16.3. The largest absolute Gasteiger partial charge is 0.396 e. The third kappa shape index (κ3) is 3.57. The van der Waals surface area contributed by atoms with Crippen LogP contribution in [-0.4, -0.2) is 33.9 Å². The number of aromatic nitrogens is 2. The molecule has 1 aromatic rings. The lowest BCUT2D eigenvalue weighted by molar-refractivity contribution is 0.0911. The van der Waals surface area contributed by atoms with Crippen molar-refractivity contribution in [2.45, 2.75) is 46.1 Å². The van der Waals surface area contributed by atoms with E-state index in [4.69, 9.17) is 5.11 Å². The zero-order valence-electron chi connectivity index (χ0n) is 11.7. The molecule has 0 spiro atoms. The van der Waals surface area contributed by atoms with Gasteiger partial charge in [-0.25, -0.2) is 0 Å². The molecule has 0 saturated heterocycles. The average molecular weight is 253 g/mol. The van der Waals surface area contributed by atoms with Crippen molar-refractivity contribution >= 4 is 5.91 Å². The summed E-state index contributed by atoms with van der Waals surface area (Å²) in [6.45, 7) is 9.97. The van der Waals surface area contributed by atoms with E-state index in [1.165, 1.54) is 0 Å². The topological polar surface area (TPSA) is 78.0 Å². The second kappa shape index (κ2) is 5.52. The third-order valence-corrected chi connectivity index (χ3v) is 3.12. The molecular formula is C13H23N3O2. The summed E-state index contributed by atoms with van der Waals surface area (Å²) in [6.07, 6.45) is 0. The number of carbonyl (C=O) groups excluding carboxylic acids is 1. The fourth-order valence-electron chi connectivity index (χ4n) is 1.40. The van der Waals surface area contributed by atoms with Crippen LogP contribution in [0, 0.1) is 5.92 Å². The summed E-state index contributed by atoms with van der Waals surface area (Å²) in [4.78, 5) is 11.9. The number of carbonyl (C=O) groups is 1. The van der Waals surface area contributed by atoms with Gasteiger partial charge in [-0.1, -0.05) is 27.7 Å². The Morgan fingerprint density at radius 1 is 1.50 bits per heavy atom. The number of nitrogens with zero attached hydrogens (tertiary/aromatic N) is 1. The summed E-state index contributed by atoms with van der Waals surface area (Å²) in [7, 11) is 0. The minimum absolute atomic E-state index is 0.0231. The van der Waals surface area contributed by atoms with Gasteiger partial charge in [0.15, 0.2) is 0 Å². The molecule has 0 fully saturated rings. The summed E-state index contributed by atoms with van der Waals surface area (Å²) in [5.41, 5.74) is 1.25. The van der Waals surface area contributed by atoms with Crippen molar-refractivity contribution in [3.05, 3.63) is 17.5 Å². The lowest BCUT2D eigenvalue weighted by atomic mass is 9.92. The van der Waals surface area contributed by atoms with Gasteiger partial charge in [-0.05, 0) is 18.9 Å². The average Bonchev–Trinajstić information content (AvgIpc) is 2.76. The highest BCUT2D eigenvalue weighted by Gasteiger charge is 2.21. The highest BCUT2D eigenvalue weighted by molar-refractivity contribution is 5.92. The van der Waals surface area contributed by atoms with E-state index in [0.29, 0.717) is 5.69 Å². The van der Waals surface area contributed by atoms with Gasteiger partial charge in [0.2, 0.25) is 0 Å². The number of aliphatic hydroxyl groups is 1. The maximum Gasteiger partial charge on any atom is 0.271 e. The molecule has 0 aliphatic rings. The van der Waals surface area contributed by atoms with Crippen molar-refractivity contribution in [3.8, 4) is 0 Å². The number of rotatable bonds is 4. The molecule has 5 nitrogen and oxygen atoms in total. The van der Waals surface area contributed by atoms with E-state index in [-0.39, 0.29) is 29.9 Å². The van der Waals surface area contributed by atoms with Gasteiger partial charge in [-0.3, -0.25) is 9.89 Å². The molecule has 0 saturated carbocycles. The summed E-state index contributed by atoms with van der Waals surface area (Å²) in [5.74, 6) is -0.190. The van der Waals surface area contributed by atoms with Crippen molar-refractivity contribution in [3.63, 3.8) is 0 Å². The van der Waals surface area contributed by atoms with E-state index >= 15 is 0 Å². The van der Waals surface area contributed by atoms with Crippen LogP contribution in [0.5, 0.6) is 0 Å². The smallest absolute Gasteiger partial charge is 0.271 e. The number of hydrogen-bond acceptors (Lipinski definition) is 3. The van der Waals surface area contributed by atoms with Crippen LogP contribution in [0.25, 0.3) is 0 Å². The van der Waals surface area contributed by atoms with E-state index in [1.54, 1.807) is 6.07 Å². The van der Waals surface area contributed by atoms with E-state index in [1.807, 2.05) is 13.8 Å². The number of aliphatic hydroxyl groups excluding tert-OH is 1. The van der Waals surface area contributed by atoms with Crippen LogP contribution in [0.15, 0.2) is 6.07 Å². The quantitative estimate of drug-likeness (QED) is 0.760. The first kappa shape index (κ1) is 14.7. The molecule has 1 amide bonds. The lowest BCUT2D eigenvalue weighted by Gasteiger charge is -2.18. The van der Waals surface area contributed by atoms with Crippen LogP contribution in [0.1, 0.15) is 50.8 Å². The Morgan fingerprint density at radius 3 is 2.56 bits per heavy atom. The van der Waals surface area contributed by atoms with E-state index in [9.17, 15) is 4.79 Å². The Morgan fingerprint density at radius 2 is 2.11 bits per heavy atom. The van der Waals surface area contributed by atoms with Gasteiger partial charge in [-0.15, -0.1) is 0 Å². The van der Waals surface area contributed by atoms with Crippen LogP contribution in [0.4, 0.5) is 0 Å². The van der Waals surface area contributed by atoms with Gasteiger partial charge in [0.1, 0.15) is 5.69 Å². The summed E-state index contributed by atoms with van der Waals surface area (Å²) in [6, 6.07) is 1.68. The van der Waals surface area contributed by atoms with Crippen LogP contribution in [-0.2, 0) is 5.41 Å². The monoisotopic (exact) mass is 253 g/mol. The minimum atomic E-state index is -0.213. The molecule has 1 rings (SSSR count). The van der Waals surface area contributed by atoms with E-state index < -0.39 is 0 Å². The Kier molecular flexibility index (Phi) is 4.51. The first-order valence-corrected chi connectivity index (χ1v) is 6.23. The van der Waals surface area contributed by atoms with E-state index in [0.717, 1.165) is 5.69 Å². The lowest BCUT2D eigenvalue weighted by Crippen LogP contribution is -2.38. The molecule has 2 atom stereocenters. The number of hydrogen-bond donors (Lipinski definition) is 3. The second-order valence-electron chi connectivity index (χ2n) is 5.84. The number of amides is 1. The standard InChI is InChI=1S/C13H23N3O2/c1-8(7-17)9(2)14-12(18)10-6-11(16-15-10)13(3,4)5/h6,8-9,17H,7H2,1-5H3,(H,14,18)(H,15,16). The number of nitrogens with one attached hydrogen (secondary N) is 2. The van der Waals surface area contributed by atoms with Crippen molar-refractivity contribution in [2.75, 3.05) is 6.61 Å². The van der Waals surface area contributed by atoms with Gasteiger partial charge in [0.05, 0.1) is 0 Å². The maximum absolute atomic E-state index is 11.9.